The van der Waals surface area contributed by atoms with E-state index in [9.17, 15) is 0 Å². The van der Waals surface area contributed by atoms with Gasteiger partial charge in [0.2, 0.25) is 5.69 Å². The summed E-state index contributed by atoms with van der Waals surface area (Å²) in [5.41, 5.74) is -3.11. The van der Waals surface area contributed by atoms with Crippen LogP contribution in [0, 0.1) is 12.1 Å². The summed E-state index contributed by atoms with van der Waals surface area (Å²) in [6, 6.07) is 25.0. The van der Waals surface area contributed by atoms with E-state index in [1.807, 2.05) is 60.7 Å². The largest absolute Gasteiger partial charge is 2.00 e. The Morgan fingerprint density at radius 1 is 0.778 bits per heavy atom. The molecule has 0 aliphatic rings. The fourth-order valence-electron chi connectivity index (χ4n) is 0.684. The smallest absolute Gasteiger partial charge is 0.338 e. The molecule has 0 unspecified atom stereocenters. The first-order valence-corrected chi connectivity index (χ1v) is 8.46. The van der Waals surface area contributed by atoms with Crippen LogP contribution < -0.4 is 0 Å². The van der Waals surface area contributed by atoms with Gasteiger partial charge in [-0.3, -0.25) is 0 Å². The van der Waals surface area contributed by atoms with Crippen molar-refractivity contribution in [2.24, 2.45) is 0 Å². The predicted molar refractivity (Wildman–Crippen MR) is 78.3 cm³/mol. The zero-order chi connectivity index (χ0) is 13.0. The van der Waals surface area contributed by atoms with Crippen LogP contribution in [0.15, 0.2) is 60.7 Å². The first kappa shape index (κ1) is 20.3. The van der Waals surface area contributed by atoms with E-state index in [0.717, 1.165) is 0 Å². The van der Waals surface area contributed by atoms with E-state index in [1.165, 1.54) is 0 Å². The minimum atomic E-state index is -3.11. The van der Waals surface area contributed by atoms with Gasteiger partial charge in [-0.2, -0.15) is 72.8 Å². The van der Waals surface area contributed by atoms with Gasteiger partial charge in [-0.15, -0.1) is 0 Å². The standard InChI is InChI=1S/2C6H5.H3O2PS2.Zn/c2*1-2-4-6-5-3-1;1-3(2,4)5;/h2*1-5H;(H3,1,2,4,5);/q2*-1;;+2. The summed E-state index contributed by atoms with van der Waals surface area (Å²) in [6.45, 7) is 0. The van der Waals surface area contributed by atoms with Crippen LogP contribution in [-0.2, 0) is 31.3 Å². The van der Waals surface area contributed by atoms with Gasteiger partial charge in [0.15, 0.2) is 0 Å². The molecule has 0 aliphatic heterocycles. The fourth-order valence-corrected chi connectivity index (χ4v) is 0.684. The van der Waals surface area contributed by atoms with Gasteiger partial charge >= 0.3 is 19.5 Å². The molecule has 0 saturated heterocycles. The molecule has 0 bridgehead atoms. The van der Waals surface area contributed by atoms with Crippen molar-refractivity contribution in [1.29, 1.82) is 0 Å². The number of benzene rings is 2. The molecule has 0 aliphatic carbocycles. The van der Waals surface area contributed by atoms with E-state index < -0.39 is 5.69 Å². The van der Waals surface area contributed by atoms with Gasteiger partial charge in [0.25, 0.3) is 0 Å². The molecule has 0 radical (unpaired) electrons. The Hall–Kier alpha value is -0.0166. The molecule has 2 aromatic carbocycles. The van der Waals surface area contributed by atoms with Crippen LogP contribution in [0.4, 0.5) is 0 Å². The van der Waals surface area contributed by atoms with Gasteiger partial charge in [-0.1, -0.05) is 12.2 Å². The molecule has 2 N–H and O–H groups in total. The Bertz CT molecular complexity index is 316. The van der Waals surface area contributed by atoms with E-state index in [-0.39, 0.29) is 19.5 Å². The van der Waals surface area contributed by atoms with Crippen LogP contribution >= 0.6 is 17.9 Å². The molecule has 0 saturated carbocycles. The van der Waals surface area contributed by atoms with Crippen LogP contribution in [0.3, 0.4) is 0 Å². The SMILES string of the molecule is OP(O)(=S)S.[Zn+2].[c-]1ccccc1.[c-]1ccccc1. The summed E-state index contributed by atoms with van der Waals surface area (Å²) in [6.07, 6.45) is 0. The Labute approximate surface area is 131 Å². The van der Waals surface area contributed by atoms with Gasteiger partial charge in [-0.25, -0.2) is 0 Å². The predicted octanol–water partition coefficient (Wildman–Crippen LogP) is 3.10. The number of rotatable bonds is 0. The van der Waals surface area contributed by atoms with Crippen molar-refractivity contribution in [1.82, 2.24) is 0 Å². The van der Waals surface area contributed by atoms with Crippen LogP contribution in [0.5, 0.6) is 0 Å². The summed E-state index contributed by atoms with van der Waals surface area (Å²) in [4.78, 5) is 15.7. The third-order valence-electron chi connectivity index (χ3n) is 1.21. The maximum Gasteiger partial charge on any atom is 2.00 e. The first-order chi connectivity index (χ1) is 8.00. The molecule has 0 spiro atoms. The van der Waals surface area contributed by atoms with Gasteiger partial charge in [0.05, 0.1) is 0 Å². The van der Waals surface area contributed by atoms with E-state index in [2.05, 4.69) is 36.2 Å². The molecule has 0 heterocycles. The van der Waals surface area contributed by atoms with Crippen LogP contribution in [0.25, 0.3) is 0 Å². The van der Waals surface area contributed by atoms with Crippen molar-refractivity contribution in [2.75, 3.05) is 0 Å². The zero-order valence-electron chi connectivity index (χ0n) is 9.68. The third-order valence-corrected chi connectivity index (χ3v) is 1.21. The number of thiol groups is 1. The molecule has 2 rings (SSSR count). The summed E-state index contributed by atoms with van der Waals surface area (Å²) in [5.74, 6) is 0. The molecule has 6 heteroatoms. The average Bonchev–Trinajstić information content (AvgIpc) is 2.32. The summed E-state index contributed by atoms with van der Waals surface area (Å²) >= 11 is 7.07. The van der Waals surface area contributed by atoms with E-state index in [0.29, 0.717) is 0 Å². The first-order valence-electron chi connectivity index (χ1n) is 4.60. The number of hydrogen-bond acceptors (Lipinski definition) is 1. The summed E-state index contributed by atoms with van der Waals surface area (Å²) in [7, 11) is 0. The van der Waals surface area contributed by atoms with Gasteiger partial charge in [0.1, 0.15) is 0 Å². The third kappa shape index (κ3) is 25.0. The Kier molecular flexibility index (Phi) is 15.1. The Morgan fingerprint density at radius 2 is 1.00 bits per heavy atom. The van der Waals surface area contributed by atoms with Crippen molar-refractivity contribution in [3.05, 3.63) is 72.8 Å². The van der Waals surface area contributed by atoms with Crippen molar-refractivity contribution >= 4 is 29.7 Å². The second-order valence-electron chi connectivity index (χ2n) is 2.67. The van der Waals surface area contributed by atoms with Crippen molar-refractivity contribution in [2.45, 2.75) is 0 Å². The molecular formula is C12H13O2PS2Zn. The van der Waals surface area contributed by atoms with E-state index >= 15 is 0 Å². The maximum atomic E-state index is 7.87. The van der Waals surface area contributed by atoms with Crippen LogP contribution in [0.1, 0.15) is 0 Å². The Balaban J connectivity index is 0. The number of hydrogen-bond donors (Lipinski definition) is 3. The van der Waals surface area contributed by atoms with Crippen molar-refractivity contribution in [3.63, 3.8) is 0 Å². The van der Waals surface area contributed by atoms with Gasteiger partial charge in [0, 0.05) is 0 Å². The van der Waals surface area contributed by atoms with Crippen molar-refractivity contribution in [3.8, 4) is 0 Å². The molecule has 0 fully saturated rings. The van der Waals surface area contributed by atoms with Crippen LogP contribution in [0.2, 0.25) is 0 Å². The summed E-state index contributed by atoms with van der Waals surface area (Å²) in [5, 5.41) is 0. The maximum absolute atomic E-state index is 7.87. The normalized spacial score (nSPS) is 8.61. The zero-order valence-corrected chi connectivity index (χ0v) is 15.3. The summed E-state index contributed by atoms with van der Waals surface area (Å²) < 4.78 is 0. The van der Waals surface area contributed by atoms with Crippen LogP contribution in [-0.4, -0.2) is 9.79 Å². The molecule has 18 heavy (non-hydrogen) atoms. The molecule has 2 nitrogen and oxygen atoms in total. The topological polar surface area (TPSA) is 40.5 Å². The van der Waals surface area contributed by atoms with E-state index in [4.69, 9.17) is 9.79 Å². The molecule has 0 aromatic heterocycles. The monoisotopic (exact) mass is 348 g/mol. The minimum absolute atomic E-state index is 0. The molecule has 2 aromatic rings. The quantitative estimate of drug-likeness (QED) is 0.296. The average molecular weight is 350 g/mol. The van der Waals surface area contributed by atoms with Gasteiger partial charge < -0.3 is 9.79 Å². The molecule has 0 amide bonds. The van der Waals surface area contributed by atoms with Crippen molar-refractivity contribution < 1.29 is 29.3 Å². The molecule has 92 valence electrons. The Morgan fingerprint density at radius 3 is 1.06 bits per heavy atom. The minimum Gasteiger partial charge on any atom is -0.338 e. The second kappa shape index (κ2) is 13.4. The van der Waals surface area contributed by atoms with E-state index in [1.54, 1.807) is 0 Å². The van der Waals surface area contributed by atoms with Gasteiger partial charge in [-0.05, 0) is 11.8 Å². The molecular weight excluding hydrogens is 337 g/mol. The second-order valence-corrected chi connectivity index (χ2v) is 7.71. The fraction of sp³-hybridized carbons (Fsp3) is 0. The molecule has 0 atom stereocenters.